The van der Waals surface area contributed by atoms with Crippen molar-refractivity contribution in [1.82, 2.24) is 4.90 Å². The number of hydrogen-bond donors (Lipinski definition) is 0. The van der Waals surface area contributed by atoms with Gasteiger partial charge in [0.25, 0.3) is 0 Å². The highest BCUT2D eigenvalue weighted by molar-refractivity contribution is 5.80. The molecule has 2 aliphatic rings. The number of benzene rings is 1. The number of ketones is 1. The molecule has 1 aromatic rings. The summed E-state index contributed by atoms with van der Waals surface area (Å²) in [4.78, 5) is 14.8. The van der Waals surface area contributed by atoms with Gasteiger partial charge in [0.15, 0.2) is 0 Å². The highest BCUT2D eigenvalue weighted by Crippen LogP contribution is 2.27. The van der Waals surface area contributed by atoms with Gasteiger partial charge in [-0.15, -0.1) is 0 Å². The van der Waals surface area contributed by atoms with Crippen molar-refractivity contribution < 1.29 is 4.79 Å². The van der Waals surface area contributed by atoms with E-state index < -0.39 is 0 Å². The molecule has 23 heavy (non-hydrogen) atoms. The van der Waals surface area contributed by atoms with Crippen LogP contribution in [-0.2, 0) is 24.1 Å². The molecule has 0 saturated heterocycles. The second kappa shape index (κ2) is 7.61. The van der Waals surface area contributed by atoms with Crippen molar-refractivity contribution in [3.63, 3.8) is 0 Å². The van der Waals surface area contributed by atoms with Gasteiger partial charge in [-0.2, -0.15) is 0 Å². The summed E-state index contributed by atoms with van der Waals surface area (Å²) in [6, 6.07) is 7.63. The molecule has 0 bridgehead atoms. The van der Waals surface area contributed by atoms with Crippen LogP contribution in [0.5, 0.6) is 0 Å². The Morgan fingerprint density at radius 3 is 2.57 bits per heavy atom. The quantitative estimate of drug-likeness (QED) is 0.785. The molecular weight excluding hydrogens is 282 g/mol. The molecule has 0 radical (unpaired) electrons. The van der Waals surface area contributed by atoms with Gasteiger partial charge in [0.2, 0.25) is 0 Å². The predicted octanol–water partition coefficient (Wildman–Crippen LogP) is 4.19. The van der Waals surface area contributed by atoms with Gasteiger partial charge in [-0.05, 0) is 54.7 Å². The van der Waals surface area contributed by atoms with Crippen LogP contribution in [0.1, 0.15) is 62.6 Å². The molecule has 1 aliphatic heterocycles. The summed E-state index contributed by atoms with van der Waals surface area (Å²) in [6.07, 6.45) is 8.89. The highest BCUT2D eigenvalue weighted by Gasteiger charge is 2.26. The van der Waals surface area contributed by atoms with Gasteiger partial charge in [0, 0.05) is 32.0 Å². The molecule has 126 valence electrons. The Morgan fingerprint density at radius 1 is 1.17 bits per heavy atom. The number of nitrogens with zero attached hydrogens (tertiary/aromatic N) is 1. The lowest BCUT2D eigenvalue weighted by molar-refractivity contribution is -0.118. The van der Waals surface area contributed by atoms with Crippen LogP contribution in [0.3, 0.4) is 0 Å². The van der Waals surface area contributed by atoms with Crippen LogP contribution in [-0.4, -0.2) is 29.8 Å². The van der Waals surface area contributed by atoms with Crippen LogP contribution in [0.2, 0.25) is 0 Å². The number of fused-ring (bicyclic) bond motifs is 1. The van der Waals surface area contributed by atoms with Crippen LogP contribution < -0.4 is 0 Å². The number of carbonyl (C=O) groups excluding carboxylic acids is 1. The van der Waals surface area contributed by atoms with E-state index in [2.05, 4.69) is 36.9 Å². The van der Waals surface area contributed by atoms with Crippen LogP contribution >= 0.6 is 0 Å². The van der Waals surface area contributed by atoms with Crippen molar-refractivity contribution in [3.8, 4) is 0 Å². The molecule has 0 unspecified atom stereocenters. The van der Waals surface area contributed by atoms with Gasteiger partial charge in [-0.3, -0.25) is 9.69 Å². The van der Waals surface area contributed by atoms with Gasteiger partial charge >= 0.3 is 0 Å². The van der Waals surface area contributed by atoms with Crippen molar-refractivity contribution in [2.24, 2.45) is 5.92 Å². The fourth-order valence-electron chi connectivity index (χ4n) is 3.79. The van der Waals surface area contributed by atoms with Crippen molar-refractivity contribution in [3.05, 3.63) is 34.9 Å². The third-order valence-corrected chi connectivity index (χ3v) is 5.60. The van der Waals surface area contributed by atoms with E-state index in [1.807, 2.05) is 0 Å². The van der Waals surface area contributed by atoms with Crippen molar-refractivity contribution in [2.75, 3.05) is 13.1 Å². The zero-order valence-corrected chi connectivity index (χ0v) is 14.8. The minimum Gasteiger partial charge on any atom is -0.300 e. The molecule has 0 amide bonds. The summed E-state index contributed by atoms with van der Waals surface area (Å²) in [6.45, 7) is 6.78. The lowest BCUT2D eigenvalue weighted by atomic mass is 9.91. The van der Waals surface area contributed by atoms with Crippen LogP contribution in [0.15, 0.2) is 18.2 Å². The maximum Gasteiger partial charge on any atom is 0.137 e. The molecule has 1 fully saturated rings. The average molecular weight is 313 g/mol. The average Bonchev–Trinajstić information content (AvgIpc) is 2.66. The first-order valence-corrected chi connectivity index (χ1v) is 9.48. The summed E-state index contributed by atoms with van der Waals surface area (Å²) in [5.41, 5.74) is 4.21. The standard InChI is InChI=1S/C21H31NO/c1-16(2)6-9-21(23)15-17-7-8-18-10-12-22(20-4-3-5-20)13-11-19(18)14-17/h7-8,14,16,20H,3-6,9-13,15H2,1-2H3. The first-order valence-electron chi connectivity index (χ1n) is 9.48. The van der Waals surface area contributed by atoms with Crippen LogP contribution in [0.25, 0.3) is 0 Å². The maximum absolute atomic E-state index is 12.1. The fraction of sp³-hybridized carbons (Fsp3) is 0.667. The Bertz CT molecular complexity index is 545. The van der Waals surface area contributed by atoms with E-state index in [1.54, 1.807) is 0 Å². The molecule has 0 atom stereocenters. The van der Waals surface area contributed by atoms with Crippen LogP contribution in [0.4, 0.5) is 0 Å². The molecule has 0 aromatic heterocycles. The molecular formula is C21H31NO. The maximum atomic E-state index is 12.1. The summed E-state index contributed by atoms with van der Waals surface area (Å²) < 4.78 is 0. The first-order chi connectivity index (χ1) is 11.1. The molecule has 1 heterocycles. The normalized spacial score (nSPS) is 19.3. The van der Waals surface area contributed by atoms with E-state index in [1.165, 1.54) is 55.5 Å². The van der Waals surface area contributed by atoms with Gasteiger partial charge in [-0.25, -0.2) is 0 Å². The minimum atomic E-state index is 0.392. The summed E-state index contributed by atoms with van der Waals surface area (Å²) in [5.74, 6) is 1.01. The zero-order valence-electron chi connectivity index (χ0n) is 14.8. The van der Waals surface area contributed by atoms with Crippen molar-refractivity contribution >= 4 is 5.78 Å². The van der Waals surface area contributed by atoms with E-state index in [4.69, 9.17) is 0 Å². The second-order valence-corrected chi connectivity index (χ2v) is 7.87. The molecule has 3 rings (SSSR count). The molecule has 0 N–H and O–H groups in total. The Hall–Kier alpha value is -1.15. The smallest absolute Gasteiger partial charge is 0.137 e. The van der Waals surface area contributed by atoms with Gasteiger partial charge in [-0.1, -0.05) is 38.5 Å². The van der Waals surface area contributed by atoms with E-state index >= 15 is 0 Å². The molecule has 0 spiro atoms. The lowest BCUT2D eigenvalue weighted by Gasteiger charge is -2.36. The van der Waals surface area contributed by atoms with E-state index in [0.29, 0.717) is 18.1 Å². The second-order valence-electron chi connectivity index (χ2n) is 7.87. The third-order valence-electron chi connectivity index (χ3n) is 5.60. The molecule has 1 aromatic carbocycles. The van der Waals surface area contributed by atoms with Gasteiger partial charge in [0.1, 0.15) is 5.78 Å². The summed E-state index contributed by atoms with van der Waals surface area (Å²) in [5, 5.41) is 0. The summed E-state index contributed by atoms with van der Waals surface area (Å²) in [7, 11) is 0. The Kier molecular flexibility index (Phi) is 5.53. The highest BCUT2D eigenvalue weighted by atomic mass is 16.1. The summed E-state index contributed by atoms with van der Waals surface area (Å²) >= 11 is 0. The van der Waals surface area contributed by atoms with Crippen LogP contribution in [0, 0.1) is 5.92 Å². The van der Waals surface area contributed by atoms with E-state index in [9.17, 15) is 4.79 Å². The molecule has 1 aliphatic carbocycles. The van der Waals surface area contributed by atoms with Crippen molar-refractivity contribution in [2.45, 2.75) is 71.3 Å². The SMILES string of the molecule is CC(C)CCC(=O)Cc1ccc2c(c1)CCN(C1CCC1)CC2. The lowest BCUT2D eigenvalue weighted by Crippen LogP contribution is -2.41. The Morgan fingerprint density at radius 2 is 1.91 bits per heavy atom. The number of rotatable bonds is 6. The number of carbonyl (C=O) groups is 1. The minimum absolute atomic E-state index is 0.392. The molecule has 1 saturated carbocycles. The van der Waals surface area contributed by atoms with Gasteiger partial charge < -0.3 is 0 Å². The van der Waals surface area contributed by atoms with E-state index in [-0.39, 0.29) is 0 Å². The monoisotopic (exact) mass is 313 g/mol. The van der Waals surface area contributed by atoms with E-state index in [0.717, 1.165) is 25.3 Å². The Balaban J connectivity index is 1.59. The topological polar surface area (TPSA) is 20.3 Å². The predicted molar refractivity (Wildman–Crippen MR) is 95.8 cm³/mol. The fourth-order valence-corrected chi connectivity index (χ4v) is 3.79. The Labute approximate surface area is 141 Å². The van der Waals surface area contributed by atoms with Gasteiger partial charge in [0.05, 0.1) is 0 Å². The molecule has 2 nitrogen and oxygen atoms in total. The molecule has 2 heteroatoms. The third kappa shape index (κ3) is 4.44. The first kappa shape index (κ1) is 16.7. The number of hydrogen-bond acceptors (Lipinski definition) is 2. The largest absolute Gasteiger partial charge is 0.300 e. The van der Waals surface area contributed by atoms with Crippen molar-refractivity contribution in [1.29, 1.82) is 0 Å². The zero-order chi connectivity index (χ0) is 16.2. The number of Topliss-reactive ketones (excluding diaryl/α,β-unsaturated/α-hetero) is 1.